The Balaban J connectivity index is 1.44. The Morgan fingerprint density at radius 2 is 1.47 bits per heavy atom. The van der Waals surface area contributed by atoms with Crippen LogP contribution in [-0.2, 0) is 0 Å². The molecule has 0 bridgehead atoms. The molecule has 1 fully saturated rings. The molecule has 1 aliphatic heterocycles. The van der Waals surface area contributed by atoms with Gasteiger partial charge in [-0.3, -0.25) is 9.59 Å². The quantitative estimate of drug-likeness (QED) is 0.600. The average Bonchev–Trinajstić information content (AvgIpc) is 2.81. The molecule has 1 N–H and O–H groups in total. The molecule has 1 aliphatic rings. The number of para-hydroxylation sites is 2. The van der Waals surface area contributed by atoms with Crippen molar-refractivity contribution in [1.82, 2.24) is 4.90 Å². The van der Waals surface area contributed by atoms with Crippen LogP contribution < -0.4 is 10.2 Å². The molecule has 164 valence electrons. The molecule has 0 aliphatic carbocycles. The van der Waals surface area contributed by atoms with Gasteiger partial charge in [0.1, 0.15) is 0 Å². The highest BCUT2D eigenvalue weighted by Gasteiger charge is 2.24. The summed E-state index contributed by atoms with van der Waals surface area (Å²) in [4.78, 5) is 29.7. The monoisotopic (exact) mass is 447 g/mol. The molecule has 2 amide bonds. The van der Waals surface area contributed by atoms with Crippen molar-refractivity contribution in [3.8, 4) is 0 Å². The SMILES string of the molecule is Cc1ccc(C(=O)Nc2ccccc2N2CCN(C(=O)c3ccc(Cl)cc3)CC2)cc1C. The number of halogens is 1. The molecule has 0 unspecified atom stereocenters. The van der Waals surface area contributed by atoms with Crippen LogP contribution in [0.15, 0.2) is 66.7 Å². The molecule has 32 heavy (non-hydrogen) atoms. The Bertz CT molecular complexity index is 1140. The van der Waals surface area contributed by atoms with Gasteiger partial charge in [-0.2, -0.15) is 0 Å². The minimum absolute atomic E-state index is 0.0117. The first-order valence-corrected chi connectivity index (χ1v) is 11.1. The van der Waals surface area contributed by atoms with Crippen LogP contribution in [-0.4, -0.2) is 42.9 Å². The van der Waals surface area contributed by atoms with Crippen LogP contribution in [0.25, 0.3) is 0 Å². The lowest BCUT2D eigenvalue weighted by Crippen LogP contribution is -2.49. The van der Waals surface area contributed by atoms with Crippen molar-refractivity contribution in [3.05, 3.63) is 94.0 Å². The third kappa shape index (κ3) is 4.78. The van der Waals surface area contributed by atoms with E-state index < -0.39 is 0 Å². The highest BCUT2D eigenvalue weighted by molar-refractivity contribution is 6.30. The summed E-state index contributed by atoms with van der Waals surface area (Å²) >= 11 is 5.93. The van der Waals surface area contributed by atoms with Gasteiger partial charge in [-0.15, -0.1) is 0 Å². The maximum Gasteiger partial charge on any atom is 0.255 e. The first-order chi connectivity index (χ1) is 15.4. The van der Waals surface area contributed by atoms with Crippen molar-refractivity contribution in [2.24, 2.45) is 0 Å². The molecule has 5 nitrogen and oxygen atoms in total. The van der Waals surface area contributed by atoms with Gasteiger partial charge in [0.2, 0.25) is 0 Å². The third-order valence-corrected chi connectivity index (χ3v) is 6.17. The lowest BCUT2D eigenvalue weighted by molar-refractivity contribution is 0.0746. The fourth-order valence-electron chi connectivity index (χ4n) is 3.86. The minimum atomic E-state index is -0.128. The number of nitrogens with zero attached hydrogens (tertiary/aromatic N) is 2. The number of nitrogens with one attached hydrogen (secondary N) is 1. The Labute approximate surface area is 193 Å². The molecule has 3 aromatic rings. The third-order valence-electron chi connectivity index (χ3n) is 5.92. The summed E-state index contributed by atoms with van der Waals surface area (Å²) in [5.74, 6) is -0.116. The smallest absolute Gasteiger partial charge is 0.255 e. The first-order valence-electron chi connectivity index (χ1n) is 10.7. The van der Waals surface area contributed by atoms with Gasteiger partial charge < -0.3 is 15.1 Å². The Kier molecular flexibility index (Phi) is 6.47. The molecule has 0 radical (unpaired) electrons. The summed E-state index contributed by atoms with van der Waals surface area (Å²) in [6.45, 7) is 6.64. The van der Waals surface area contributed by atoms with Crippen LogP contribution in [0.4, 0.5) is 11.4 Å². The fraction of sp³-hybridized carbons (Fsp3) is 0.231. The van der Waals surface area contributed by atoms with Crippen molar-refractivity contribution in [2.75, 3.05) is 36.4 Å². The van der Waals surface area contributed by atoms with E-state index in [-0.39, 0.29) is 11.8 Å². The lowest BCUT2D eigenvalue weighted by atomic mass is 10.1. The molecular weight excluding hydrogens is 422 g/mol. The second kappa shape index (κ2) is 9.45. The summed E-state index contributed by atoms with van der Waals surface area (Å²) in [5, 5.41) is 3.68. The summed E-state index contributed by atoms with van der Waals surface area (Å²) in [7, 11) is 0. The molecule has 1 saturated heterocycles. The molecule has 0 spiro atoms. The molecule has 0 saturated carbocycles. The maximum absolute atomic E-state index is 12.8. The van der Waals surface area contributed by atoms with Gasteiger partial charge in [0.15, 0.2) is 0 Å². The minimum Gasteiger partial charge on any atom is -0.366 e. The van der Waals surface area contributed by atoms with E-state index in [0.29, 0.717) is 42.3 Å². The number of benzene rings is 3. The van der Waals surface area contributed by atoms with Crippen LogP contribution in [0.5, 0.6) is 0 Å². The van der Waals surface area contributed by atoms with Gasteiger partial charge in [-0.25, -0.2) is 0 Å². The number of carbonyl (C=O) groups is 2. The molecular formula is C26H26ClN3O2. The predicted octanol–water partition coefficient (Wildman–Crippen LogP) is 5.17. The Morgan fingerprint density at radius 3 is 2.16 bits per heavy atom. The van der Waals surface area contributed by atoms with E-state index in [1.165, 1.54) is 0 Å². The van der Waals surface area contributed by atoms with Gasteiger partial charge in [-0.05, 0) is 73.5 Å². The van der Waals surface area contributed by atoms with E-state index in [0.717, 1.165) is 22.5 Å². The predicted molar refractivity (Wildman–Crippen MR) is 130 cm³/mol. The lowest BCUT2D eigenvalue weighted by Gasteiger charge is -2.37. The zero-order chi connectivity index (χ0) is 22.7. The van der Waals surface area contributed by atoms with Crippen LogP contribution in [0.1, 0.15) is 31.8 Å². The van der Waals surface area contributed by atoms with Crippen LogP contribution in [0.2, 0.25) is 5.02 Å². The van der Waals surface area contributed by atoms with Crippen LogP contribution in [0, 0.1) is 13.8 Å². The highest BCUT2D eigenvalue weighted by atomic mass is 35.5. The number of piperazine rings is 1. The van der Waals surface area contributed by atoms with Crippen molar-refractivity contribution in [1.29, 1.82) is 0 Å². The molecule has 0 aromatic heterocycles. The number of hydrogen-bond donors (Lipinski definition) is 1. The van der Waals surface area contributed by atoms with Crippen molar-refractivity contribution in [2.45, 2.75) is 13.8 Å². The van der Waals surface area contributed by atoms with Gasteiger partial charge >= 0.3 is 0 Å². The van der Waals surface area contributed by atoms with Crippen molar-refractivity contribution in [3.63, 3.8) is 0 Å². The number of hydrogen-bond acceptors (Lipinski definition) is 3. The van der Waals surface area contributed by atoms with Gasteiger partial charge in [0.25, 0.3) is 11.8 Å². The van der Waals surface area contributed by atoms with Gasteiger partial charge in [0.05, 0.1) is 11.4 Å². The summed E-state index contributed by atoms with van der Waals surface area (Å²) in [6, 6.07) is 20.5. The molecule has 3 aromatic carbocycles. The Morgan fingerprint density at radius 1 is 0.812 bits per heavy atom. The van der Waals surface area contributed by atoms with Crippen LogP contribution >= 0.6 is 11.6 Å². The number of aryl methyl sites for hydroxylation is 2. The zero-order valence-corrected chi connectivity index (χ0v) is 19.0. The number of amides is 2. The fourth-order valence-corrected chi connectivity index (χ4v) is 3.98. The van der Waals surface area contributed by atoms with E-state index >= 15 is 0 Å². The van der Waals surface area contributed by atoms with E-state index in [1.807, 2.05) is 61.2 Å². The van der Waals surface area contributed by atoms with Gasteiger partial charge in [0, 0.05) is 42.3 Å². The summed E-state index contributed by atoms with van der Waals surface area (Å²) < 4.78 is 0. The molecule has 6 heteroatoms. The highest BCUT2D eigenvalue weighted by Crippen LogP contribution is 2.27. The topological polar surface area (TPSA) is 52.7 Å². The molecule has 4 rings (SSSR count). The standard InChI is InChI=1S/C26H26ClN3O2/c1-18-7-8-21(17-19(18)2)25(31)28-23-5-3-4-6-24(23)29-13-15-30(16-14-29)26(32)20-9-11-22(27)12-10-20/h3-12,17H,13-16H2,1-2H3,(H,28,31). The number of carbonyl (C=O) groups excluding carboxylic acids is 2. The van der Waals surface area contributed by atoms with Crippen molar-refractivity contribution < 1.29 is 9.59 Å². The Hall–Kier alpha value is -3.31. The molecule has 0 atom stereocenters. The van der Waals surface area contributed by atoms with E-state index in [2.05, 4.69) is 10.2 Å². The molecule has 1 heterocycles. The second-order valence-electron chi connectivity index (χ2n) is 8.06. The normalized spacial score (nSPS) is 13.7. The first kappa shape index (κ1) is 21.9. The maximum atomic E-state index is 12.8. The summed E-state index contributed by atoms with van der Waals surface area (Å²) in [5.41, 5.74) is 5.27. The second-order valence-corrected chi connectivity index (χ2v) is 8.49. The number of rotatable bonds is 4. The van der Waals surface area contributed by atoms with E-state index in [1.54, 1.807) is 24.3 Å². The largest absolute Gasteiger partial charge is 0.366 e. The van der Waals surface area contributed by atoms with E-state index in [9.17, 15) is 9.59 Å². The number of anilines is 2. The van der Waals surface area contributed by atoms with Crippen LogP contribution in [0.3, 0.4) is 0 Å². The van der Waals surface area contributed by atoms with Gasteiger partial charge in [-0.1, -0.05) is 29.8 Å². The van der Waals surface area contributed by atoms with Crippen molar-refractivity contribution >= 4 is 34.8 Å². The zero-order valence-electron chi connectivity index (χ0n) is 18.3. The summed E-state index contributed by atoms with van der Waals surface area (Å²) in [6.07, 6.45) is 0. The average molecular weight is 448 g/mol. The van der Waals surface area contributed by atoms with E-state index in [4.69, 9.17) is 11.6 Å².